The zero-order chi connectivity index (χ0) is 14.5. The molecule has 0 saturated carbocycles. The van der Waals surface area contributed by atoms with Gasteiger partial charge in [0.1, 0.15) is 0 Å². The largest absolute Gasteiger partial charge is 0.478 e. The summed E-state index contributed by atoms with van der Waals surface area (Å²) in [7, 11) is 0. The lowest BCUT2D eigenvalue weighted by atomic mass is 10.1. The highest BCUT2D eigenvalue weighted by Gasteiger charge is 2.08. The predicted octanol–water partition coefficient (Wildman–Crippen LogP) is 2.94. The van der Waals surface area contributed by atoms with Crippen molar-refractivity contribution in [2.75, 3.05) is 0 Å². The molecule has 0 radical (unpaired) electrons. The zero-order valence-corrected chi connectivity index (χ0v) is 11.9. The Kier molecular flexibility index (Phi) is 4.53. The van der Waals surface area contributed by atoms with Crippen molar-refractivity contribution in [1.29, 1.82) is 0 Å². The number of aryl methyl sites for hydroxylation is 1. The second-order valence-electron chi connectivity index (χ2n) is 4.30. The first-order valence-electron chi connectivity index (χ1n) is 6.29. The van der Waals surface area contributed by atoms with Gasteiger partial charge < -0.3 is 10.4 Å². The van der Waals surface area contributed by atoms with Crippen molar-refractivity contribution >= 4 is 23.2 Å². The Balaban J connectivity index is 1.94. The molecule has 20 heavy (non-hydrogen) atoms. The van der Waals surface area contributed by atoms with Gasteiger partial charge in [0.2, 0.25) is 0 Å². The summed E-state index contributed by atoms with van der Waals surface area (Å²) in [4.78, 5) is 24.5. The van der Waals surface area contributed by atoms with Crippen LogP contribution in [0.3, 0.4) is 0 Å². The highest BCUT2D eigenvalue weighted by Crippen LogP contribution is 2.16. The van der Waals surface area contributed by atoms with E-state index in [2.05, 4.69) is 12.2 Å². The van der Waals surface area contributed by atoms with E-state index in [1.54, 1.807) is 12.1 Å². The second-order valence-corrected chi connectivity index (χ2v) is 5.47. The minimum absolute atomic E-state index is 0.1000. The average Bonchev–Trinajstić information content (AvgIpc) is 2.94. The third-order valence-corrected chi connectivity index (χ3v) is 4.12. The maximum Gasteiger partial charge on any atom is 0.335 e. The molecule has 0 atom stereocenters. The molecule has 0 aliphatic heterocycles. The fourth-order valence-electron chi connectivity index (χ4n) is 1.72. The number of rotatable bonds is 5. The van der Waals surface area contributed by atoms with Crippen LogP contribution >= 0.6 is 11.3 Å². The number of carboxylic acid groups (broad SMARTS) is 1. The molecular formula is C15H15NO3S. The van der Waals surface area contributed by atoms with E-state index in [0.29, 0.717) is 11.4 Å². The molecule has 1 aromatic heterocycles. The maximum absolute atomic E-state index is 11.9. The summed E-state index contributed by atoms with van der Waals surface area (Å²) in [6, 6.07) is 10.3. The molecule has 0 saturated heterocycles. The fourth-order valence-corrected chi connectivity index (χ4v) is 2.59. The van der Waals surface area contributed by atoms with Crippen LogP contribution in [0.4, 0.5) is 0 Å². The topological polar surface area (TPSA) is 66.4 Å². The number of carboxylic acids is 1. The van der Waals surface area contributed by atoms with Crippen LogP contribution in [-0.4, -0.2) is 17.0 Å². The Labute approximate surface area is 121 Å². The van der Waals surface area contributed by atoms with Gasteiger partial charge in [0.15, 0.2) is 0 Å². The number of hydrogen-bond donors (Lipinski definition) is 2. The van der Waals surface area contributed by atoms with Crippen LogP contribution in [0.5, 0.6) is 0 Å². The van der Waals surface area contributed by atoms with Crippen molar-refractivity contribution in [3.8, 4) is 0 Å². The first kappa shape index (κ1) is 14.3. The van der Waals surface area contributed by atoms with Gasteiger partial charge in [0.25, 0.3) is 5.91 Å². The summed E-state index contributed by atoms with van der Waals surface area (Å²) in [6.07, 6.45) is 0.925. The minimum Gasteiger partial charge on any atom is -0.478 e. The van der Waals surface area contributed by atoms with E-state index < -0.39 is 5.97 Å². The third-order valence-electron chi connectivity index (χ3n) is 2.89. The van der Waals surface area contributed by atoms with Crippen LogP contribution in [0, 0.1) is 0 Å². The van der Waals surface area contributed by atoms with E-state index in [1.807, 2.05) is 12.1 Å². The van der Waals surface area contributed by atoms with Gasteiger partial charge in [-0.2, -0.15) is 0 Å². The SMILES string of the molecule is CCc1ccc(C(=O)NCc2ccc(C(=O)O)cc2)s1. The monoisotopic (exact) mass is 289 g/mol. The lowest BCUT2D eigenvalue weighted by molar-refractivity contribution is 0.0696. The molecule has 2 aromatic rings. The number of carbonyl (C=O) groups is 2. The van der Waals surface area contributed by atoms with Gasteiger partial charge in [-0.05, 0) is 36.2 Å². The summed E-state index contributed by atoms with van der Waals surface area (Å²) < 4.78 is 0. The van der Waals surface area contributed by atoms with Gasteiger partial charge in [-0.3, -0.25) is 4.79 Å². The van der Waals surface area contributed by atoms with Crippen LogP contribution in [0.25, 0.3) is 0 Å². The summed E-state index contributed by atoms with van der Waals surface area (Å²) in [5.74, 6) is -1.05. The second kappa shape index (κ2) is 6.34. The Hall–Kier alpha value is -2.14. The van der Waals surface area contributed by atoms with Crippen molar-refractivity contribution < 1.29 is 14.7 Å². The van der Waals surface area contributed by atoms with Crippen molar-refractivity contribution in [1.82, 2.24) is 5.32 Å². The van der Waals surface area contributed by atoms with Gasteiger partial charge >= 0.3 is 5.97 Å². The fraction of sp³-hybridized carbons (Fsp3) is 0.200. The van der Waals surface area contributed by atoms with Gasteiger partial charge in [-0.25, -0.2) is 4.79 Å². The molecule has 1 heterocycles. The Bertz CT molecular complexity index is 616. The number of carbonyl (C=O) groups excluding carboxylic acids is 1. The zero-order valence-electron chi connectivity index (χ0n) is 11.1. The minimum atomic E-state index is -0.953. The molecule has 4 nitrogen and oxygen atoms in total. The van der Waals surface area contributed by atoms with Gasteiger partial charge in [0, 0.05) is 11.4 Å². The van der Waals surface area contributed by atoms with E-state index in [9.17, 15) is 9.59 Å². The normalized spacial score (nSPS) is 10.2. The van der Waals surface area contributed by atoms with E-state index in [0.717, 1.165) is 12.0 Å². The summed E-state index contributed by atoms with van der Waals surface area (Å²) in [6.45, 7) is 2.44. The number of aromatic carboxylic acids is 1. The Morgan fingerprint density at radius 2 is 1.85 bits per heavy atom. The van der Waals surface area contributed by atoms with Crippen molar-refractivity contribution in [2.24, 2.45) is 0 Å². The molecule has 0 unspecified atom stereocenters. The Morgan fingerprint density at radius 1 is 1.15 bits per heavy atom. The quantitative estimate of drug-likeness (QED) is 0.889. The van der Waals surface area contributed by atoms with Crippen LogP contribution in [-0.2, 0) is 13.0 Å². The smallest absolute Gasteiger partial charge is 0.335 e. The standard InChI is InChI=1S/C15H15NO3S/c1-2-12-7-8-13(20-12)14(17)16-9-10-3-5-11(6-4-10)15(18)19/h3-8H,2,9H2,1H3,(H,16,17)(H,18,19). The third kappa shape index (κ3) is 3.45. The number of amides is 1. The van der Waals surface area contributed by atoms with Crippen molar-refractivity contribution in [3.05, 3.63) is 57.3 Å². The van der Waals surface area contributed by atoms with Crippen LogP contribution in [0.1, 0.15) is 37.4 Å². The molecule has 104 valence electrons. The van der Waals surface area contributed by atoms with Crippen LogP contribution in [0.2, 0.25) is 0 Å². The van der Waals surface area contributed by atoms with E-state index in [1.165, 1.54) is 28.3 Å². The first-order valence-corrected chi connectivity index (χ1v) is 7.11. The van der Waals surface area contributed by atoms with E-state index >= 15 is 0 Å². The van der Waals surface area contributed by atoms with Gasteiger partial charge in [0.05, 0.1) is 10.4 Å². The molecule has 1 amide bonds. The highest BCUT2D eigenvalue weighted by molar-refractivity contribution is 7.14. The van der Waals surface area contributed by atoms with Crippen molar-refractivity contribution in [2.45, 2.75) is 19.9 Å². The van der Waals surface area contributed by atoms with Crippen molar-refractivity contribution in [3.63, 3.8) is 0 Å². The van der Waals surface area contributed by atoms with E-state index in [-0.39, 0.29) is 11.5 Å². The van der Waals surface area contributed by atoms with Crippen LogP contribution < -0.4 is 5.32 Å². The lowest BCUT2D eigenvalue weighted by Crippen LogP contribution is -2.21. The molecule has 0 bridgehead atoms. The first-order chi connectivity index (χ1) is 9.60. The summed E-state index contributed by atoms with van der Waals surface area (Å²) in [5.41, 5.74) is 1.11. The summed E-state index contributed by atoms with van der Waals surface area (Å²) >= 11 is 1.49. The average molecular weight is 289 g/mol. The number of thiophene rings is 1. The van der Waals surface area contributed by atoms with Gasteiger partial charge in [-0.1, -0.05) is 19.1 Å². The number of nitrogens with one attached hydrogen (secondary N) is 1. The lowest BCUT2D eigenvalue weighted by Gasteiger charge is -2.04. The number of hydrogen-bond acceptors (Lipinski definition) is 3. The molecule has 0 aliphatic carbocycles. The molecular weight excluding hydrogens is 274 g/mol. The maximum atomic E-state index is 11.9. The molecule has 2 rings (SSSR count). The highest BCUT2D eigenvalue weighted by atomic mass is 32.1. The molecule has 0 fully saturated rings. The Morgan fingerprint density at radius 3 is 2.40 bits per heavy atom. The molecule has 5 heteroatoms. The molecule has 0 aliphatic rings. The van der Waals surface area contributed by atoms with Crippen LogP contribution in [0.15, 0.2) is 36.4 Å². The number of benzene rings is 1. The van der Waals surface area contributed by atoms with E-state index in [4.69, 9.17) is 5.11 Å². The summed E-state index contributed by atoms with van der Waals surface area (Å²) in [5, 5.41) is 11.6. The molecule has 0 spiro atoms. The molecule has 1 aromatic carbocycles. The molecule has 2 N–H and O–H groups in total. The predicted molar refractivity (Wildman–Crippen MR) is 78.3 cm³/mol. The van der Waals surface area contributed by atoms with Gasteiger partial charge in [-0.15, -0.1) is 11.3 Å².